The molecule has 0 aromatic carbocycles. The molecule has 2 aromatic heterocycles. The van der Waals surface area contributed by atoms with Gasteiger partial charge in [-0.05, 0) is 18.4 Å². The van der Waals surface area contributed by atoms with Crippen molar-refractivity contribution in [2.24, 2.45) is 0 Å². The number of rotatable bonds is 2. The van der Waals surface area contributed by atoms with E-state index in [4.69, 9.17) is 0 Å². The summed E-state index contributed by atoms with van der Waals surface area (Å²) < 4.78 is 1.92. The van der Waals surface area contributed by atoms with Gasteiger partial charge in [0.1, 0.15) is 0 Å². The van der Waals surface area contributed by atoms with E-state index in [9.17, 15) is 0 Å². The fourth-order valence-electron chi connectivity index (χ4n) is 1.55. The molecule has 14 heavy (non-hydrogen) atoms. The molecule has 3 nitrogen and oxygen atoms in total. The Morgan fingerprint density at radius 2 is 2.21 bits per heavy atom. The van der Waals surface area contributed by atoms with Crippen LogP contribution in [0.1, 0.15) is 38.1 Å². The van der Waals surface area contributed by atoms with E-state index in [1.807, 2.05) is 23.0 Å². The Balaban J connectivity index is 2.67. The molecule has 0 atom stereocenters. The van der Waals surface area contributed by atoms with Crippen LogP contribution in [-0.4, -0.2) is 14.6 Å². The Kier molecular flexibility index (Phi) is 2.23. The minimum absolute atomic E-state index is 0.453. The number of aromatic nitrogens is 3. The Morgan fingerprint density at radius 1 is 1.43 bits per heavy atom. The summed E-state index contributed by atoms with van der Waals surface area (Å²) in [7, 11) is 0. The molecule has 0 saturated carbocycles. The average molecular weight is 189 g/mol. The first-order valence-electron chi connectivity index (χ1n) is 5.05. The zero-order chi connectivity index (χ0) is 10.1. The molecule has 0 aliphatic heterocycles. The molecule has 0 bridgehead atoms. The smallest absolute Gasteiger partial charge is 0.0877 e. The van der Waals surface area contributed by atoms with Gasteiger partial charge < -0.3 is 0 Å². The van der Waals surface area contributed by atoms with Crippen molar-refractivity contribution >= 4 is 5.52 Å². The third-order valence-corrected chi connectivity index (χ3v) is 2.41. The molecule has 2 rings (SSSR count). The molecule has 0 aliphatic carbocycles. The van der Waals surface area contributed by atoms with Crippen molar-refractivity contribution in [1.82, 2.24) is 14.6 Å². The molecule has 0 aliphatic rings. The van der Waals surface area contributed by atoms with Crippen LogP contribution in [-0.2, 0) is 6.42 Å². The van der Waals surface area contributed by atoms with Gasteiger partial charge in [0.05, 0.1) is 29.3 Å². The van der Waals surface area contributed by atoms with E-state index in [-0.39, 0.29) is 0 Å². The van der Waals surface area contributed by atoms with Gasteiger partial charge in [-0.3, -0.25) is 4.98 Å². The molecule has 0 fully saturated rings. The van der Waals surface area contributed by atoms with Crippen molar-refractivity contribution in [3.63, 3.8) is 0 Å². The lowest BCUT2D eigenvalue weighted by Crippen LogP contribution is -2.02. The molecule has 0 spiro atoms. The summed E-state index contributed by atoms with van der Waals surface area (Å²) in [6.45, 7) is 6.42. The van der Waals surface area contributed by atoms with E-state index in [1.165, 1.54) is 0 Å². The highest BCUT2D eigenvalue weighted by atomic mass is 15.2. The number of nitrogens with zero attached hydrogens (tertiary/aromatic N) is 3. The maximum absolute atomic E-state index is 4.63. The normalized spacial score (nSPS) is 11.4. The number of hydrogen-bond acceptors (Lipinski definition) is 2. The highest BCUT2D eigenvalue weighted by molar-refractivity contribution is 5.50. The number of aryl methyl sites for hydroxylation is 1. The van der Waals surface area contributed by atoms with Gasteiger partial charge in [-0.1, -0.05) is 20.8 Å². The fraction of sp³-hybridized carbons (Fsp3) is 0.455. The van der Waals surface area contributed by atoms with E-state index in [2.05, 4.69) is 30.9 Å². The maximum atomic E-state index is 4.63. The molecule has 0 amide bonds. The zero-order valence-electron chi connectivity index (χ0n) is 8.86. The summed E-state index contributed by atoms with van der Waals surface area (Å²) >= 11 is 0. The Morgan fingerprint density at radius 3 is 2.86 bits per heavy atom. The van der Waals surface area contributed by atoms with E-state index in [0.717, 1.165) is 23.3 Å². The van der Waals surface area contributed by atoms with E-state index in [1.54, 1.807) is 0 Å². The van der Waals surface area contributed by atoms with Crippen LogP contribution in [0.2, 0.25) is 0 Å². The average Bonchev–Trinajstić information content (AvgIpc) is 2.63. The van der Waals surface area contributed by atoms with Crippen LogP contribution in [0.25, 0.3) is 5.52 Å². The largest absolute Gasteiger partial charge is 0.254 e. The number of fused-ring (bicyclic) bond motifs is 1. The molecule has 74 valence electrons. The lowest BCUT2D eigenvalue weighted by molar-refractivity contribution is 0.775. The highest BCUT2D eigenvalue weighted by Crippen LogP contribution is 2.15. The summed E-state index contributed by atoms with van der Waals surface area (Å²) in [5, 5.41) is 4.25. The van der Waals surface area contributed by atoms with Crippen molar-refractivity contribution in [3.8, 4) is 0 Å². The molecular weight excluding hydrogens is 174 g/mol. The molecule has 0 radical (unpaired) electrons. The third kappa shape index (κ3) is 1.39. The fourth-order valence-corrected chi connectivity index (χ4v) is 1.55. The van der Waals surface area contributed by atoms with Crippen LogP contribution in [0.15, 0.2) is 18.5 Å². The van der Waals surface area contributed by atoms with Crippen LogP contribution < -0.4 is 0 Å². The third-order valence-electron chi connectivity index (χ3n) is 2.41. The van der Waals surface area contributed by atoms with Gasteiger partial charge in [0.15, 0.2) is 0 Å². The number of hydrogen-bond donors (Lipinski definition) is 0. The molecule has 0 saturated heterocycles. The summed E-state index contributed by atoms with van der Waals surface area (Å²) in [4.78, 5) is 4.63. The van der Waals surface area contributed by atoms with E-state index < -0.39 is 0 Å². The lowest BCUT2D eigenvalue weighted by Gasteiger charge is -2.08. The summed E-state index contributed by atoms with van der Waals surface area (Å²) in [5.41, 5.74) is 3.36. The predicted octanol–water partition coefficient (Wildman–Crippen LogP) is 2.42. The summed E-state index contributed by atoms with van der Waals surface area (Å²) in [6.07, 6.45) is 4.79. The Hall–Kier alpha value is -1.38. The Labute approximate surface area is 83.8 Å². The zero-order valence-corrected chi connectivity index (χ0v) is 8.86. The SMILES string of the molecule is CCc1nc(C(C)C)cn2nccc12. The monoisotopic (exact) mass is 189 g/mol. The predicted molar refractivity (Wildman–Crippen MR) is 56.5 cm³/mol. The molecule has 2 aromatic rings. The first-order chi connectivity index (χ1) is 6.72. The van der Waals surface area contributed by atoms with E-state index in [0.29, 0.717) is 5.92 Å². The van der Waals surface area contributed by atoms with Crippen molar-refractivity contribution in [1.29, 1.82) is 0 Å². The maximum Gasteiger partial charge on any atom is 0.0877 e. The molecule has 0 unspecified atom stereocenters. The first kappa shape index (κ1) is 9.19. The van der Waals surface area contributed by atoms with Crippen LogP contribution in [0, 0.1) is 0 Å². The summed E-state index contributed by atoms with van der Waals surface area (Å²) in [5.74, 6) is 0.453. The lowest BCUT2D eigenvalue weighted by atomic mass is 10.1. The molecular formula is C11H15N3. The standard InChI is InChI=1S/C11H15N3/c1-4-9-11-5-6-12-14(11)7-10(13-9)8(2)3/h5-8H,4H2,1-3H3. The van der Waals surface area contributed by atoms with Crippen molar-refractivity contribution in [2.75, 3.05) is 0 Å². The second kappa shape index (κ2) is 3.40. The molecule has 0 N–H and O–H groups in total. The summed E-state index contributed by atoms with van der Waals surface area (Å²) in [6, 6.07) is 2.01. The highest BCUT2D eigenvalue weighted by Gasteiger charge is 2.07. The van der Waals surface area contributed by atoms with Gasteiger partial charge in [0, 0.05) is 0 Å². The van der Waals surface area contributed by atoms with Crippen LogP contribution in [0.4, 0.5) is 0 Å². The minimum Gasteiger partial charge on any atom is -0.254 e. The van der Waals surface area contributed by atoms with Gasteiger partial charge >= 0.3 is 0 Å². The molecule has 3 heteroatoms. The van der Waals surface area contributed by atoms with Crippen LogP contribution in [0.3, 0.4) is 0 Å². The first-order valence-corrected chi connectivity index (χ1v) is 5.05. The van der Waals surface area contributed by atoms with Crippen molar-refractivity contribution < 1.29 is 0 Å². The van der Waals surface area contributed by atoms with Crippen molar-refractivity contribution in [3.05, 3.63) is 29.8 Å². The molecule has 2 heterocycles. The van der Waals surface area contributed by atoms with Crippen LogP contribution in [0.5, 0.6) is 0 Å². The minimum atomic E-state index is 0.453. The quantitative estimate of drug-likeness (QED) is 0.726. The van der Waals surface area contributed by atoms with Gasteiger partial charge in [0.25, 0.3) is 0 Å². The second-order valence-corrected chi connectivity index (χ2v) is 3.78. The second-order valence-electron chi connectivity index (χ2n) is 3.78. The Bertz CT molecular complexity index is 443. The van der Waals surface area contributed by atoms with Gasteiger partial charge in [-0.25, -0.2) is 4.52 Å². The van der Waals surface area contributed by atoms with Gasteiger partial charge in [-0.15, -0.1) is 0 Å². The topological polar surface area (TPSA) is 30.2 Å². The van der Waals surface area contributed by atoms with Crippen molar-refractivity contribution in [2.45, 2.75) is 33.1 Å². The van der Waals surface area contributed by atoms with E-state index >= 15 is 0 Å². The van der Waals surface area contributed by atoms with Crippen LogP contribution >= 0.6 is 0 Å². The van der Waals surface area contributed by atoms with Gasteiger partial charge in [-0.2, -0.15) is 5.10 Å². The van der Waals surface area contributed by atoms with Gasteiger partial charge in [0.2, 0.25) is 0 Å².